The second-order valence-corrected chi connectivity index (χ2v) is 5.41. The number of nitrogens with zero attached hydrogens (tertiary/aromatic N) is 2. The first kappa shape index (κ1) is 11.6. The maximum Gasteiger partial charge on any atom is 0.0948 e. The summed E-state index contributed by atoms with van der Waals surface area (Å²) in [5.41, 5.74) is 1.42. The smallest absolute Gasteiger partial charge is 0.0948 e. The fraction of sp³-hybridized carbons (Fsp3) is 0.750. The number of nitrogens with one attached hydrogen (secondary N) is 1. The molecule has 0 radical (unpaired) electrons. The number of rotatable bonds is 2. The molecule has 4 heteroatoms. The Morgan fingerprint density at radius 1 is 1.56 bits per heavy atom. The number of morpholine rings is 1. The van der Waals surface area contributed by atoms with E-state index in [-0.39, 0.29) is 5.41 Å². The highest BCUT2D eigenvalue weighted by molar-refractivity contribution is 5.10. The lowest BCUT2D eigenvalue weighted by molar-refractivity contribution is 0.0709. The zero-order chi connectivity index (χ0) is 11.6. The minimum Gasteiger partial charge on any atom is -0.378 e. The van der Waals surface area contributed by atoms with E-state index < -0.39 is 0 Å². The average molecular weight is 223 g/mol. The first-order valence-electron chi connectivity index (χ1n) is 5.89. The first-order chi connectivity index (χ1) is 7.57. The predicted octanol–water partition coefficient (Wildman–Crippen LogP) is 1.17. The largest absolute Gasteiger partial charge is 0.378 e. The lowest BCUT2D eigenvalue weighted by Gasteiger charge is -2.27. The van der Waals surface area contributed by atoms with Gasteiger partial charge in [0.25, 0.3) is 0 Å². The molecule has 0 amide bonds. The van der Waals surface area contributed by atoms with Gasteiger partial charge in [-0.05, 0) is 0 Å². The Balaban J connectivity index is 2.06. The Hall–Kier alpha value is -0.870. The van der Waals surface area contributed by atoms with Gasteiger partial charge in [-0.2, -0.15) is 0 Å². The van der Waals surface area contributed by atoms with E-state index >= 15 is 0 Å². The van der Waals surface area contributed by atoms with E-state index in [1.54, 1.807) is 0 Å². The van der Waals surface area contributed by atoms with Crippen LogP contribution in [-0.2, 0) is 16.7 Å². The first-order valence-corrected chi connectivity index (χ1v) is 5.89. The van der Waals surface area contributed by atoms with E-state index in [9.17, 15) is 0 Å². The summed E-state index contributed by atoms with van der Waals surface area (Å²) in [5, 5.41) is 3.46. The second-order valence-electron chi connectivity index (χ2n) is 5.41. The van der Waals surface area contributed by atoms with Gasteiger partial charge in [-0.1, -0.05) is 20.8 Å². The van der Waals surface area contributed by atoms with E-state index in [0.717, 1.165) is 26.3 Å². The van der Waals surface area contributed by atoms with Crippen LogP contribution in [0.2, 0.25) is 0 Å². The van der Waals surface area contributed by atoms with Crippen molar-refractivity contribution in [2.75, 3.05) is 19.8 Å². The summed E-state index contributed by atoms with van der Waals surface area (Å²) in [6.07, 6.45) is 3.88. The highest BCUT2D eigenvalue weighted by atomic mass is 16.5. The Morgan fingerprint density at radius 3 is 3.00 bits per heavy atom. The lowest BCUT2D eigenvalue weighted by Crippen LogP contribution is -2.44. The van der Waals surface area contributed by atoms with Crippen LogP contribution in [0.25, 0.3) is 0 Å². The van der Waals surface area contributed by atoms with Crippen molar-refractivity contribution in [3.05, 3.63) is 18.2 Å². The summed E-state index contributed by atoms with van der Waals surface area (Å²) in [6, 6.07) is 0.407. The number of hydrogen-bond donors (Lipinski definition) is 1. The van der Waals surface area contributed by atoms with E-state index in [2.05, 4.69) is 35.6 Å². The van der Waals surface area contributed by atoms with Crippen molar-refractivity contribution >= 4 is 0 Å². The minimum atomic E-state index is 0.145. The van der Waals surface area contributed by atoms with Crippen LogP contribution in [0.4, 0.5) is 0 Å². The molecule has 0 aliphatic carbocycles. The van der Waals surface area contributed by atoms with Crippen LogP contribution in [0.3, 0.4) is 0 Å². The molecule has 1 unspecified atom stereocenters. The third-order valence-corrected chi connectivity index (χ3v) is 2.90. The molecule has 1 saturated heterocycles. The number of aromatic nitrogens is 2. The summed E-state index contributed by atoms with van der Waals surface area (Å²) in [5.74, 6) is 0. The van der Waals surface area contributed by atoms with Crippen LogP contribution in [0.15, 0.2) is 12.5 Å². The molecule has 90 valence electrons. The molecule has 4 nitrogen and oxygen atoms in total. The normalized spacial score (nSPS) is 22.3. The SMILES string of the molecule is CC(C)(C)c1cncn1CC1COCCN1. The van der Waals surface area contributed by atoms with Crippen LogP contribution in [-0.4, -0.2) is 35.4 Å². The quantitative estimate of drug-likeness (QED) is 0.818. The number of hydrogen-bond acceptors (Lipinski definition) is 3. The maximum atomic E-state index is 5.46. The molecule has 1 atom stereocenters. The Labute approximate surface area is 97.0 Å². The monoisotopic (exact) mass is 223 g/mol. The van der Waals surface area contributed by atoms with Gasteiger partial charge in [0.05, 0.1) is 19.5 Å². The molecule has 1 aliphatic heterocycles. The van der Waals surface area contributed by atoms with Gasteiger partial charge in [-0.3, -0.25) is 0 Å². The van der Waals surface area contributed by atoms with E-state index in [0.29, 0.717) is 6.04 Å². The third kappa shape index (κ3) is 2.62. The van der Waals surface area contributed by atoms with Gasteiger partial charge in [-0.25, -0.2) is 4.98 Å². The van der Waals surface area contributed by atoms with Gasteiger partial charge < -0.3 is 14.6 Å². The zero-order valence-electron chi connectivity index (χ0n) is 10.4. The van der Waals surface area contributed by atoms with Crippen molar-refractivity contribution in [3.8, 4) is 0 Å². The van der Waals surface area contributed by atoms with Gasteiger partial charge in [0, 0.05) is 36.4 Å². The minimum absolute atomic E-state index is 0.145. The van der Waals surface area contributed by atoms with E-state index in [1.807, 2.05) is 12.5 Å². The molecule has 16 heavy (non-hydrogen) atoms. The summed E-state index contributed by atoms with van der Waals surface area (Å²) >= 11 is 0. The van der Waals surface area contributed by atoms with Crippen molar-refractivity contribution in [1.29, 1.82) is 0 Å². The van der Waals surface area contributed by atoms with Gasteiger partial charge >= 0.3 is 0 Å². The summed E-state index contributed by atoms with van der Waals surface area (Å²) < 4.78 is 7.69. The highest BCUT2D eigenvalue weighted by Crippen LogP contribution is 2.21. The van der Waals surface area contributed by atoms with Gasteiger partial charge in [0.15, 0.2) is 0 Å². The van der Waals surface area contributed by atoms with Crippen LogP contribution < -0.4 is 5.32 Å². The van der Waals surface area contributed by atoms with Crippen LogP contribution >= 0.6 is 0 Å². The maximum absolute atomic E-state index is 5.46. The van der Waals surface area contributed by atoms with Gasteiger partial charge in [0.1, 0.15) is 0 Å². The Kier molecular flexibility index (Phi) is 3.30. The van der Waals surface area contributed by atoms with Crippen LogP contribution in [0, 0.1) is 0 Å². The molecular weight excluding hydrogens is 202 g/mol. The third-order valence-electron chi connectivity index (χ3n) is 2.90. The molecule has 1 aromatic heterocycles. The van der Waals surface area contributed by atoms with Crippen molar-refractivity contribution in [2.24, 2.45) is 0 Å². The fourth-order valence-electron chi connectivity index (χ4n) is 2.07. The number of ether oxygens (including phenoxy) is 1. The molecule has 1 aromatic rings. The summed E-state index contributed by atoms with van der Waals surface area (Å²) in [4.78, 5) is 4.25. The van der Waals surface area contributed by atoms with Crippen LogP contribution in [0.1, 0.15) is 26.5 Å². The zero-order valence-corrected chi connectivity index (χ0v) is 10.4. The van der Waals surface area contributed by atoms with Gasteiger partial charge in [-0.15, -0.1) is 0 Å². The molecule has 2 heterocycles. The predicted molar refractivity (Wildman–Crippen MR) is 63.5 cm³/mol. The average Bonchev–Trinajstić information content (AvgIpc) is 2.67. The Morgan fingerprint density at radius 2 is 2.38 bits per heavy atom. The molecule has 0 saturated carbocycles. The van der Waals surface area contributed by atoms with Gasteiger partial charge in [0.2, 0.25) is 0 Å². The molecule has 0 spiro atoms. The summed E-state index contributed by atoms with van der Waals surface area (Å²) in [6.45, 7) is 10.1. The van der Waals surface area contributed by atoms with Crippen molar-refractivity contribution < 1.29 is 4.74 Å². The Bertz CT molecular complexity index is 334. The molecule has 0 bridgehead atoms. The molecule has 2 rings (SSSR count). The summed E-state index contributed by atoms with van der Waals surface area (Å²) in [7, 11) is 0. The molecule has 1 fully saturated rings. The van der Waals surface area contributed by atoms with Crippen molar-refractivity contribution in [1.82, 2.24) is 14.9 Å². The van der Waals surface area contributed by atoms with Crippen molar-refractivity contribution in [2.45, 2.75) is 38.8 Å². The number of imidazole rings is 1. The highest BCUT2D eigenvalue weighted by Gasteiger charge is 2.21. The topological polar surface area (TPSA) is 39.1 Å². The molecule has 1 N–H and O–H groups in total. The molecule has 0 aromatic carbocycles. The van der Waals surface area contributed by atoms with E-state index in [4.69, 9.17) is 4.74 Å². The van der Waals surface area contributed by atoms with E-state index in [1.165, 1.54) is 5.69 Å². The second kappa shape index (κ2) is 4.55. The van der Waals surface area contributed by atoms with Crippen molar-refractivity contribution in [3.63, 3.8) is 0 Å². The molecular formula is C12H21N3O. The van der Waals surface area contributed by atoms with Crippen LogP contribution in [0.5, 0.6) is 0 Å². The fourth-order valence-corrected chi connectivity index (χ4v) is 2.07. The molecule has 1 aliphatic rings. The lowest BCUT2D eigenvalue weighted by atomic mass is 9.92. The standard InChI is InChI=1S/C12H21N3O/c1-12(2,3)11-6-13-9-15(11)7-10-8-16-5-4-14-10/h6,9-10,14H,4-5,7-8H2,1-3H3.